The van der Waals surface area contributed by atoms with Crippen LogP contribution in [0, 0.1) is 0 Å². The van der Waals surface area contributed by atoms with Gasteiger partial charge in [0.2, 0.25) is 5.13 Å². The van der Waals surface area contributed by atoms with Gasteiger partial charge in [-0.05, 0) is 54.9 Å². The molecule has 0 saturated heterocycles. The lowest BCUT2D eigenvalue weighted by Crippen LogP contribution is -2.44. The molecule has 1 heterocycles. The first kappa shape index (κ1) is 24.8. The fraction of sp³-hybridized carbons (Fsp3) is 0.667. The number of aromatic nitrogens is 1. The van der Waals surface area contributed by atoms with E-state index in [1.165, 1.54) is 0 Å². The Balaban J connectivity index is 2.46. The number of amides is 2. The number of carbonyl (C=O) groups is 4. The second-order valence-corrected chi connectivity index (χ2v) is 10.2. The van der Waals surface area contributed by atoms with Crippen molar-refractivity contribution in [3.05, 3.63) is 11.1 Å². The first-order valence-electron chi connectivity index (χ1n) is 10.1. The molecule has 1 aliphatic rings. The van der Waals surface area contributed by atoms with Crippen LogP contribution in [0.25, 0.3) is 0 Å². The van der Waals surface area contributed by atoms with Crippen LogP contribution in [-0.4, -0.2) is 46.7 Å². The molecule has 1 unspecified atom stereocenters. The molecule has 0 spiro atoms. The number of nitrogens with zero attached hydrogens (tertiary/aromatic N) is 2. The summed E-state index contributed by atoms with van der Waals surface area (Å²) in [5, 5.41) is 1.55. The van der Waals surface area contributed by atoms with E-state index in [1.54, 1.807) is 53.8 Å². The van der Waals surface area contributed by atoms with E-state index >= 15 is 0 Å². The summed E-state index contributed by atoms with van der Waals surface area (Å²) in [4.78, 5) is 55.5. The van der Waals surface area contributed by atoms with Crippen LogP contribution in [0.15, 0.2) is 5.38 Å². The molecule has 1 saturated carbocycles. The lowest BCUT2D eigenvalue weighted by molar-refractivity contribution is -0.150. The van der Waals surface area contributed by atoms with Gasteiger partial charge in [0.15, 0.2) is 0 Å². The molecule has 2 amide bonds. The van der Waals surface area contributed by atoms with Crippen molar-refractivity contribution in [2.24, 2.45) is 0 Å². The summed E-state index contributed by atoms with van der Waals surface area (Å²) in [6.07, 6.45) is -1.45. The summed E-state index contributed by atoms with van der Waals surface area (Å²) in [7, 11) is 0. The Bertz CT molecular complexity index is 838. The molecule has 0 N–H and O–H groups in total. The maximum absolute atomic E-state index is 12.8. The predicted octanol–water partition coefficient (Wildman–Crippen LogP) is 4.37. The molecule has 2 rings (SSSR count). The molecular weight excluding hydrogens is 424 g/mol. The number of Topliss-reactive ketones (excluding diaryl/α,β-unsaturated/α-hetero) is 1. The highest BCUT2D eigenvalue weighted by Crippen LogP contribution is 2.42. The maximum Gasteiger partial charge on any atom is 0.426 e. The van der Waals surface area contributed by atoms with Crippen LogP contribution in [0.3, 0.4) is 0 Å². The van der Waals surface area contributed by atoms with Crippen LogP contribution < -0.4 is 4.90 Å². The van der Waals surface area contributed by atoms with Crippen molar-refractivity contribution >= 4 is 40.4 Å². The third-order valence-corrected chi connectivity index (χ3v) is 5.15. The number of anilines is 1. The zero-order valence-electron chi connectivity index (χ0n) is 19.1. The smallest absolute Gasteiger partial charge is 0.426 e. The number of imide groups is 1. The molecule has 31 heavy (non-hydrogen) atoms. The Morgan fingerprint density at radius 1 is 1.10 bits per heavy atom. The summed E-state index contributed by atoms with van der Waals surface area (Å²) < 4.78 is 15.9. The number of hydrogen-bond donors (Lipinski definition) is 0. The molecule has 9 nitrogen and oxygen atoms in total. The van der Waals surface area contributed by atoms with Crippen LogP contribution >= 0.6 is 11.3 Å². The molecule has 172 valence electrons. The number of hydrogen-bond acceptors (Lipinski definition) is 9. The number of thiazole rings is 1. The van der Waals surface area contributed by atoms with E-state index < -0.39 is 34.8 Å². The molecule has 1 aromatic rings. The molecule has 0 aliphatic heterocycles. The number of ether oxygens (including phenoxy) is 3. The Labute approximate surface area is 186 Å². The van der Waals surface area contributed by atoms with Gasteiger partial charge in [-0.1, -0.05) is 0 Å². The zero-order valence-corrected chi connectivity index (χ0v) is 19.9. The maximum atomic E-state index is 12.8. The molecule has 1 aromatic heterocycles. The topological polar surface area (TPSA) is 112 Å². The van der Waals surface area contributed by atoms with Gasteiger partial charge in [-0.2, -0.15) is 4.90 Å². The van der Waals surface area contributed by atoms with Crippen LogP contribution in [0.1, 0.15) is 73.4 Å². The summed E-state index contributed by atoms with van der Waals surface area (Å²) in [5.74, 6) is -0.613. The Hall–Kier alpha value is -2.49. The van der Waals surface area contributed by atoms with Gasteiger partial charge in [0.05, 0.1) is 12.3 Å². The highest BCUT2D eigenvalue weighted by atomic mass is 32.1. The molecule has 0 bridgehead atoms. The normalized spacial score (nSPS) is 19.1. The monoisotopic (exact) mass is 454 g/mol. The van der Waals surface area contributed by atoms with E-state index in [2.05, 4.69) is 4.98 Å². The van der Waals surface area contributed by atoms with Gasteiger partial charge in [0, 0.05) is 18.2 Å². The molecule has 1 atom stereocenters. The van der Waals surface area contributed by atoms with E-state index in [0.29, 0.717) is 4.90 Å². The van der Waals surface area contributed by atoms with Gasteiger partial charge in [-0.25, -0.2) is 14.6 Å². The summed E-state index contributed by atoms with van der Waals surface area (Å²) in [5.41, 5.74) is -2.66. The first-order valence-corrected chi connectivity index (χ1v) is 11.0. The van der Waals surface area contributed by atoms with E-state index in [-0.39, 0.29) is 42.5 Å². The van der Waals surface area contributed by atoms with Gasteiger partial charge in [0.1, 0.15) is 22.4 Å². The van der Waals surface area contributed by atoms with Crippen LogP contribution in [0.2, 0.25) is 0 Å². The average Bonchev–Trinajstić information content (AvgIpc) is 3.19. The number of esters is 1. The van der Waals surface area contributed by atoms with Crippen molar-refractivity contribution in [2.45, 2.75) is 84.3 Å². The van der Waals surface area contributed by atoms with Crippen molar-refractivity contribution in [1.82, 2.24) is 4.98 Å². The van der Waals surface area contributed by atoms with Gasteiger partial charge in [-0.3, -0.25) is 9.59 Å². The third-order valence-electron chi connectivity index (χ3n) is 4.32. The fourth-order valence-electron chi connectivity index (χ4n) is 3.07. The molecule has 0 radical (unpaired) electrons. The summed E-state index contributed by atoms with van der Waals surface area (Å²) >= 11 is 0.982. The number of rotatable bonds is 4. The van der Waals surface area contributed by atoms with Gasteiger partial charge in [0.25, 0.3) is 0 Å². The van der Waals surface area contributed by atoms with E-state index in [9.17, 15) is 19.2 Å². The fourth-order valence-corrected chi connectivity index (χ4v) is 3.97. The molecule has 1 aliphatic carbocycles. The van der Waals surface area contributed by atoms with E-state index in [4.69, 9.17) is 14.2 Å². The van der Waals surface area contributed by atoms with Gasteiger partial charge >= 0.3 is 18.2 Å². The van der Waals surface area contributed by atoms with Crippen LogP contribution in [0.5, 0.6) is 0 Å². The molecular formula is C21H30N2O7S. The van der Waals surface area contributed by atoms with Crippen molar-refractivity contribution in [3.63, 3.8) is 0 Å². The highest BCUT2D eigenvalue weighted by Gasteiger charge is 2.50. The van der Waals surface area contributed by atoms with E-state index in [1.807, 2.05) is 0 Å². The molecule has 0 aromatic carbocycles. The van der Waals surface area contributed by atoms with Gasteiger partial charge in [-0.15, -0.1) is 11.3 Å². The van der Waals surface area contributed by atoms with E-state index in [0.717, 1.165) is 11.3 Å². The zero-order chi connectivity index (χ0) is 23.6. The molecule has 10 heteroatoms. The number of ketones is 1. The Morgan fingerprint density at radius 3 is 2.06 bits per heavy atom. The summed E-state index contributed by atoms with van der Waals surface area (Å²) in [6.45, 7) is 11.9. The lowest BCUT2D eigenvalue weighted by Gasteiger charge is -2.27. The van der Waals surface area contributed by atoms with Crippen LogP contribution in [0.4, 0.5) is 14.7 Å². The van der Waals surface area contributed by atoms with Crippen LogP contribution in [-0.2, 0) is 29.2 Å². The van der Waals surface area contributed by atoms with Crippen molar-refractivity contribution in [2.75, 3.05) is 11.5 Å². The minimum atomic E-state index is -1.23. The van der Waals surface area contributed by atoms with Gasteiger partial charge < -0.3 is 14.2 Å². The minimum absolute atomic E-state index is 0.0125. The second-order valence-electron chi connectivity index (χ2n) is 9.33. The van der Waals surface area contributed by atoms with Crippen molar-refractivity contribution in [3.8, 4) is 0 Å². The molecule has 1 fully saturated rings. The Morgan fingerprint density at radius 2 is 1.65 bits per heavy atom. The quantitative estimate of drug-likeness (QED) is 0.487. The Kier molecular flexibility index (Phi) is 7.14. The standard InChI is InChI=1S/C21H30N2O7S/c1-8-28-15(25)21(10-9-13(24)11-21)14-12-31-16(22-14)23(17(26)29-19(2,3)4)18(27)30-20(5,6)7/h12H,8-11H2,1-7H3. The number of carbonyl (C=O) groups excluding carboxylic acids is 4. The van der Waals surface area contributed by atoms with Crippen molar-refractivity contribution < 1.29 is 33.4 Å². The SMILES string of the molecule is CCOC(=O)C1(c2csc(N(C(=O)OC(C)(C)C)C(=O)OC(C)(C)C)n2)CCC(=O)C1. The minimum Gasteiger partial charge on any atom is -0.465 e. The largest absolute Gasteiger partial charge is 0.465 e. The predicted molar refractivity (Wildman–Crippen MR) is 114 cm³/mol. The first-order chi connectivity index (χ1) is 14.2. The van der Waals surface area contributed by atoms with Crippen molar-refractivity contribution in [1.29, 1.82) is 0 Å². The second kappa shape index (κ2) is 8.94. The lowest BCUT2D eigenvalue weighted by atomic mass is 9.83. The average molecular weight is 455 g/mol. The highest BCUT2D eigenvalue weighted by molar-refractivity contribution is 7.14. The third kappa shape index (κ3) is 6.03. The summed E-state index contributed by atoms with van der Waals surface area (Å²) in [6, 6.07) is 0.